The van der Waals surface area contributed by atoms with Gasteiger partial charge in [0.15, 0.2) is 5.69 Å². The topological polar surface area (TPSA) is 110 Å². The molecule has 1 aromatic heterocycles. The largest absolute Gasteiger partial charge is 0.383 e. The molecule has 3 N–H and O–H groups in total. The van der Waals surface area contributed by atoms with Crippen molar-refractivity contribution >= 4 is 17.4 Å². The van der Waals surface area contributed by atoms with Crippen LogP contribution in [0.4, 0.5) is 11.5 Å². The van der Waals surface area contributed by atoms with Gasteiger partial charge in [0.05, 0.1) is 6.61 Å². The van der Waals surface area contributed by atoms with Crippen LogP contribution < -0.4 is 21.9 Å². The highest BCUT2D eigenvalue weighted by Crippen LogP contribution is 2.20. The van der Waals surface area contributed by atoms with E-state index in [1.54, 1.807) is 12.1 Å². The molecule has 0 bridgehead atoms. The summed E-state index contributed by atoms with van der Waals surface area (Å²) < 4.78 is 6.35. The number of methoxy groups -OCH3 is 1. The predicted octanol–water partition coefficient (Wildman–Crippen LogP) is 1.38. The fraction of sp³-hybridized carbons (Fsp3) is 0.421. The number of aryl methyl sites for hydroxylation is 1. The van der Waals surface area contributed by atoms with Crippen molar-refractivity contribution in [3.63, 3.8) is 0 Å². The van der Waals surface area contributed by atoms with E-state index in [0.717, 1.165) is 12.0 Å². The number of nitrogens with one attached hydrogen (secondary N) is 1. The lowest BCUT2D eigenvalue weighted by molar-refractivity contribution is 0.0975. The molecule has 8 heteroatoms. The maximum atomic E-state index is 13.1. The van der Waals surface area contributed by atoms with Crippen LogP contribution in [0.15, 0.2) is 33.9 Å². The second-order valence-electron chi connectivity index (χ2n) is 6.14. The van der Waals surface area contributed by atoms with Gasteiger partial charge in [0.25, 0.3) is 11.5 Å². The van der Waals surface area contributed by atoms with Gasteiger partial charge in [0.1, 0.15) is 5.82 Å². The van der Waals surface area contributed by atoms with Crippen molar-refractivity contribution in [1.82, 2.24) is 9.55 Å². The molecular weight excluding hydrogens is 348 g/mol. The maximum Gasteiger partial charge on any atom is 0.330 e. The first kappa shape index (κ1) is 20.4. The summed E-state index contributed by atoms with van der Waals surface area (Å²) >= 11 is 0. The third-order valence-electron chi connectivity index (χ3n) is 4.30. The fourth-order valence-corrected chi connectivity index (χ4v) is 2.82. The zero-order chi connectivity index (χ0) is 20.0. The Balaban J connectivity index is 2.55. The third kappa shape index (κ3) is 4.46. The van der Waals surface area contributed by atoms with E-state index in [9.17, 15) is 14.4 Å². The second-order valence-corrected chi connectivity index (χ2v) is 6.14. The van der Waals surface area contributed by atoms with Crippen molar-refractivity contribution in [2.45, 2.75) is 33.2 Å². The Kier molecular flexibility index (Phi) is 6.95. The standard InChI is InChI=1S/C19H26N4O4/c1-4-10-23-16(20)15(17(24)21-19(23)26)22(11-12-27-3)18(25)14-8-6-13(5-2)7-9-14/h6-9H,4-5,10-12,20H2,1-3H3,(H,21,24,26). The summed E-state index contributed by atoms with van der Waals surface area (Å²) in [6.45, 7) is 4.59. The zero-order valence-electron chi connectivity index (χ0n) is 15.9. The second kappa shape index (κ2) is 9.18. The van der Waals surface area contributed by atoms with E-state index in [0.29, 0.717) is 18.5 Å². The van der Waals surface area contributed by atoms with Crippen LogP contribution in [-0.4, -0.2) is 35.7 Å². The number of amides is 1. The number of ether oxygens (including phenoxy) is 1. The number of rotatable bonds is 8. The van der Waals surface area contributed by atoms with Crippen LogP contribution in [0.2, 0.25) is 0 Å². The smallest absolute Gasteiger partial charge is 0.330 e. The molecule has 8 nitrogen and oxygen atoms in total. The average Bonchev–Trinajstić information content (AvgIpc) is 2.67. The molecule has 0 aliphatic carbocycles. The van der Waals surface area contributed by atoms with Crippen LogP contribution in [0.3, 0.4) is 0 Å². The number of aromatic amines is 1. The number of carbonyl (C=O) groups excluding carboxylic acids is 1. The summed E-state index contributed by atoms with van der Waals surface area (Å²) in [6, 6.07) is 7.17. The van der Waals surface area contributed by atoms with Crippen molar-refractivity contribution < 1.29 is 9.53 Å². The lowest BCUT2D eigenvalue weighted by Crippen LogP contribution is -2.42. The molecule has 146 valence electrons. The highest BCUT2D eigenvalue weighted by Gasteiger charge is 2.25. The summed E-state index contributed by atoms with van der Waals surface area (Å²) in [7, 11) is 1.50. The van der Waals surface area contributed by atoms with Crippen LogP contribution in [0.25, 0.3) is 0 Å². The molecule has 0 spiro atoms. The van der Waals surface area contributed by atoms with Crippen molar-refractivity contribution in [1.29, 1.82) is 0 Å². The minimum absolute atomic E-state index is 0.0276. The molecule has 2 rings (SSSR count). The SMILES string of the molecule is CCCn1c(N)c(N(CCOC)C(=O)c2ccc(CC)cc2)c(=O)[nH]c1=O. The molecule has 0 aliphatic heterocycles. The molecule has 0 radical (unpaired) electrons. The van der Waals surface area contributed by atoms with Gasteiger partial charge >= 0.3 is 5.69 Å². The van der Waals surface area contributed by atoms with E-state index in [1.165, 1.54) is 16.6 Å². The summed E-state index contributed by atoms with van der Waals surface area (Å²) in [5.74, 6) is -0.408. The molecular formula is C19H26N4O4. The molecule has 0 saturated carbocycles. The Morgan fingerprint density at radius 3 is 2.44 bits per heavy atom. The number of aromatic nitrogens is 2. The molecule has 27 heavy (non-hydrogen) atoms. The van der Waals surface area contributed by atoms with Crippen molar-refractivity contribution in [3.05, 3.63) is 56.2 Å². The van der Waals surface area contributed by atoms with Gasteiger partial charge in [-0.25, -0.2) is 4.79 Å². The molecule has 0 saturated heterocycles. The molecule has 0 unspecified atom stereocenters. The maximum absolute atomic E-state index is 13.1. The van der Waals surface area contributed by atoms with Gasteiger partial charge in [0, 0.05) is 25.8 Å². The van der Waals surface area contributed by atoms with E-state index >= 15 is 0 Å². The van der Waals surface area contributed by atoms with Crippen LogP contribution >= 0.6 is 0 Å². The highest BCUT2D eigenvalue weighted by atomic mass is 16.5. The quantitative estimate of drug-likeness (QED) is 0.725. The third-order valence-corrected chi connectivity index (χ3v) is 4.30. The molecule has 1 amide bonds. The minimum atomic E-state index is -0.695. The lowest BCUT2D eigenvalue weighted by Gasteiger charge is -2.24. The predicted molar refractivity (Wildman–Crippen MR) is 105 cm³/mol. The number of nitrogens with two attached hydrogens (primary N) is 1. The normalized spacial score (nSPS) is 10.8. The number of hydrogen-bond donors (Lipinski definition) is 2. The van der Waals surface area contributed by atoms with Crippen LogP contribution in [0.1, 0.15) is 36.2 Å². The van der Waals surface area contributed by atoms with Crippen LogP contribution in [-0.2, 0) is 17.7 Å². The van der Waals surface area contributed by atoms with Crippen LogP contribution in [0, 0.1) is 0 Å². The number of nitrogen functional groups attached to an aromatic ring is 1. The Labute approximate surface area is 157 Å². The Morgan fingerprint density at radius 1 is 1.22 bits per heavy atom. The van der Waals surface area contributed by atoms with E-state index in [2.05, 4.69) is 4.98 Å². The van der Waals surface area contributed by atoms with Gasteiger partial charge in [-0.3, -0.25) is 24.0 Å². The first-order valence-electron chi connectivity index (χ1n) is 8.96. The molecule has 1 heterocycles. The van der Waals surface area contributed by atoms with E-state index < -0.39 is 11.2 Å². The number of anilines is 2. The first-order valence-corrected chi connectivity index (χ1v) is 8.96. The van der Waals surface area contributed by atoms with Gasteiger partial charge < -0.3 is 10.5 Å². The van der Waals surface area contributed by atoms with Gasteiger partial charge in [-0.15, -0.1) is 0 Å². The summed E-state index contributed by atoms with van der Waals surface area (Å²) in [5.41, 5.74) is 6.32. The number of benzene rings is 1. The average molecular weight is 374 g/mol. The van der Waals surface area contributed by atoms with Crippen molar-refractivity contribution in [3.8, 4) is 0 Å². The molecule has 0 atom stereocenters. The number of H-pyrrole nitrogens is 1. The van der Waals surface area contributed by atoms with E-state index in [4.69, 9.17) is 10.5 Å². The summed E-state index contributed by atoms with van der Waals surface area (Å²) in [4.78, 5) is 41.1. The number of carbonyl (C=O) groups is 1. The van der Waals surface area contributed by atoms with E-state index in [-0.39, 0.29) is 30.6 Å². The lowest BCUT2D eigenvalue weighted by atomic mass is 10.1. The summed E-state index contributed by atoms with van der Waals surface area (Å²) in [5, 5.41) is 0. The van der Waals surface area contributed by atoms with Crippen molar-refractivity contribution in [2.24, 2.45) is 0 Å². The highest BCUT2D eigenvalue weighted by molar-refractivity contribution is 6.07. The van der Waals surface area contributed by atoms with Gasteiger partial charge in [-0.05, 0) is 30.5 Å². The monoisotopic (exact) mass is 374 g/mol. The van der Waals surface area contributed by atoms with Gasteiger partial charge in [-0.1, -0.05) is 26.0 Å². The molecule has 0 aliphatic rings. The van der Waals surface area contributed by atoms with E-state index in [1.807, 2.05) is 26.0 Å². The molecule has 2 aromatic rings. The number of hydrogen-bond acceptors (Lipinski definition) is 5. The van der Waals surface area contributed by atoms with Crippen molar-refractivity contribution in [2.75, 3.05) is 30.9 Å². The van der Waals surface area contributed by atoms with Gasteiger partial charge in [0.2, 0.25) is 0 Å². The zero-order valence-corrected chi connectivity index (χ0v) is 15.9. The molecule has 1 aromatic carbocycles. The number of nitrogens with zero attached hydrogens (tertiary/aromatic N) is 2. The van der Waals surface area contributed by atoms with Gasteiger partial charge in [-0.2, -0.15) is 0 Å². The van der Waals surface area contributed by atoms with Crippen LogP contribution in [0.5, 0.6) is 0 Å². The molecule has 0 fully saturated rings. The summed E-state index contributed by atoms with van der Waals surface area (Å²) in [6.07, 6.45) is 1.51. The Bertz CT molecular complexity index is 899. The Hall–Kier alpha value is -2.87. The minimum Gasteiger partial charge on any atom is -0.383 e. The Morgan fingerprint density at radius 2 is 1.89 bits per heavy atom. The fourth-order valence-electron chi connectivity index (χ4n) is 2.82. The first-order chi connectivity index (χ1) is 12.9.